The summed E-state index contributed by atoms with van der Waals surface area (Å²) in [4.78, 5) is 48.3. The van der Waals surface area contributed by atoms with Gasteiger partial charge in [0.2, 0.25) is 5.91 Å². The van der Waals surface area contributed by atoms with Crippen molar-refractivity contribution in [3.05, 3.63) is 29.3 Å². The number of hydrogen-bond acceptors (Lipinski definition) is 5. The van der Waals surface area contributed by atoms with Crippen LogP contribution in [0.4, 0.5) is 0 Å². The summed E-state index contributed by atoms with van der Waals surface area (Å²) in [5, 5.41) is 12.3. The molecular formula is C14H12N2O5. The van der Waals surface area contributed by atoms with E-state index in [0.717, 1.165) is 4.90 Å². The van der Waals surface area contributed by atoms with Gasteiger partial charge in [-0.25, -0.2) is 0 Å². The molecule has 0 radical (unpaired) electrons. The summed E-state index contributed by atoms with van der Waals surface area (Å²) in [6, 6.07) is 3.16. The Labute approximate surface area is 119 Å². The number of nitrogens with zero attached hydrogens (tertiary/aromatic N) is 1. The molecule has 1 aromatic carbocycles. The van der Waals surface area contributed by atoms with Crippen molar-refractivity contribution in [2.24, 2.45) is 5.92 Å². The maximum atomic E-state index is 12.3. The lowest BCUT2D eigenvalue weighted by Crippen LogP contribution is -2.55. The first kappa shape index (κ1) is 13.3. The zero-order valence-electron chi connectivity index (χ0n) is 10.9. The highest BCUT2D eigenvalue weighted by molar-refractivity contribution is 6.24. The highest BCUT2D eigenvalue weighted by Gasteiger charge is 2.46. The van der Waals surface area contributed by atoms with Crippen molar-refractivity contribution in [1.29, 1.82) is 0 Å². The van der Waals surface area contributed by atoms with Gasteiger partial charge in [0.25, 0.3) is 11.8 Å². The number of phenols is 1. The number of aromatic hydroxyl groups is 1. The SMILES string of the molecule is O=CC1CNC(=O)C(N2C(=O)c3cccc(O)c3C2=O)C1. The van der Waals surface area contributed by atoms with E-state index < -0.39 is 29.7 Å². The average molecular weight is 288 g/mol. The highest BCUT2D eigenvalue weighted by Crippen LogP contribution is 2.32. The van der Waals surface area contributed by atoms with Gasteiger partial charge in [-0.2, -0.15) is 0 Å². The number of carbonyl (C=O) groups excluding carboxylic acids is 4. The number of phenolic OH excluding ortho intramolecular Hbond substituents is 1. The molecule has 21 heavy (non-hydrogen) atoms. The Morgan fingerprint density at radius 1 is 1.24 bits per heavy atom. The van der Waals surface area contributed by atoms with E-state index in [1.165, 1.54) is 18.2 Å². The zero-order chi connectivity index (χ0) is 15.1. The normalized spacial score (nSPS) is 24.8. The van der Waals surface area contributed by atoms with E-state index >= 15 is 0 Å². The molecule has 2 N–H and O–H groups in total. The van der Waals surface area contributed by atoms with Gasteiger partial charge in [0.05, 0.1) is 11.1 Å². The molecule has 3 rings (SSSR count). The van der Waals surface area contributed by atoms with Crippen LogP contribution in [0.2, 0.25) is 0 Å². The molecule has 2 aliphatic rings. The van der Waals surface area contributed by atoms with Crippen LogP contribution in [0.3, 0.4) is 0 Å². The van der Waals surface area contributed by atoms with E-state index in [2.05, 4.69) is 5.32 Å². The third-order valence-electron chi connectivity index (χ3n) is 3.80. The van der Waals surface area contributed by atoms with Gasteiger partial charge in [0.1, 0.15) is 18.1 Å². The van der Waals surface area contributed by atoms with E-state index in [1.54, 1.807) is 0 Å². The fourth-order valence-electron chi connectivity index (χ4n) is 2.72. The molecule has 0 bridgehead atoms. The Balaban J connectivity index is 1.99. The molecular weight excluding hydrogens is 276 g/mol. The van der Waals surface area contributed by atoms with Gasteiger partial charge in [-0.05, 0) is 18.6 Å². The van der Waals surface area contributed by atoms with Crippen molar-refractivity contribution in [3.63, 3.8) is 0 Å². The second-order valence-corrected chi connectivity index (χ2v) is 5.07. The van der Waals surface area contributed by atoms with Crippen LogP contribution in [0.25, 0.3) is 0 Å². The van der Waals surface area contributed by atoms with Crippen LogP contribution in [0.1, 0.15) is 27.1 Å². The summed E-state index contributed by atoms with van der Waals surface area (Å²) in [7, 11) is 0. The number of benzene rings is 1. The molecule has 1 fully saturated rings. The quantitative estimate of drug-likeness (QED) is 0.574. The fourth-order valence-corrected chi connectivity index (χ4v) is 2.72. The summed E-state index contributed by atoms with van der Waals surface area (Å²) in [5.41, 5.74) is -0.0236. The number of imide groups is 1. The van der Waals surface area contributed by atoms with Gasteiger partial charge in [-0.3, -0.25) is 19.3 Å². The van der Waals surface area contributed by atoms with Crippen LogP contribution in [-0.4, -0.2) is 46.6 Å². The minimum absolute atomic E-state index is 0.0704. The lowest BCUT2D eigenvalue weighted by Gasteiger charge is -2.31. The second kappa shape index (κ2) is 4.69. The van der Waals surface area contributed by atoms with Crippen molar-refractivity contribution in [2.75, 3.05) is 6.54 Å². The molecule has 0 saturated carbocycles. The fraction of sp³-hybridized carbons (Fsp3) is 0.286. The molecule has 1 saturated heterocycles. The third kappa shape index (κ3) is 1.89. The van der Waals surface area contributed by atoms with Crippen molar-refractivity contribution >= 4 is 24.0 Å². The molecule has 3 amide bonds. The van der Waals surface area contributed by atoms with Crippen molar-refractivity contribution in [2.45, 2.75) is 12.5 Å². The lowest BCUT2D eigenvalue weighted by atomic mass is 9.95. The standard InChI is InChI=1S/C14H12N2O5/c17-6-7-4-9(12(19)15-5-7)16-13(20)8-2-1-3-10(18)11(8)14(16)21/h1-3,6-7,9,18H,4-5H2,(H,15,19). The summed E-state index contributed by atoms with van der Waals surface area (Å²) >= 11 is 0. The number of fused-ring (bicyclic) bond motifs is 1. The van der Waals surface area contributed by atoms with Gasteiger partial charge in [-0.15, -0.1) is 0 Å². The number of carbonyl (C=O) groups is 4. The maximum absolute atomic E-state index is 12.3. The molecule has 2 heterocycles. The monoisotopic (exact) mass is 288 g/mol. The molecule has 1 aromatic rings. The summed E-state index contributed by atoms with van der Waals surface area (Å²) in [6.07, 6.45) is 0.795. The van der Waals surface area contributed by atoms with E-state index in [0.29, 0.717) is 6.29 Å². The van der Waals surface area contributed by atoms with Crippen LogP contribution >= 0.6 is 0 Å². The average Bonchev–Trinajstić information content (AvgIpc) is 2.73. The van der Waals surface area contributed by atoms with Gasteiger partial charge in [0.15, 0.2) is 0 Å². The Hall–Kier alpha value is -2.70. The first-order valence-corrected chi connectivity index (χ1v) is 6.47. The second-order valence-electron chi connectivity index (χ2n) is 5.07. The largest absolute Gasteiger partial charge is 0.507 e. The Bertz CT molecular complexity index is 669. The summed E-state index contributed by atoms with van der Waals surface area (Å²) in [5.74, 6) is -2.54. The molecule has 7 heteroatoms. The third-order valence-corrected chi connectivity index (χ3v) is 3.80. The highest BCUT2D eigenvalue weighted by atomic mass is 16.3. The molecule has 2 aliphatic heterocycles. The number of nitrogens with one attached hydrogen (secondary N) is 1. The Kier molecular flexibility index (Phi) is 2.97. The predicted octanol–water partition coefficient (Wildman–Crippen LogP) is -0.308. The smallest absolute Gasteiger partial charge is 0.266 e. The first-order chi connectivity index (χ1) is 10.0. The zero-order valence-corrected chi connectivity index (χ0v) is 10.9. The van der Waals surface area contributed by atoms with Crippen LogP contribution in [0.15, 0.2) is 18.2 Å². The van der Waals surface area contributed by atoms with Gasteiger partial charge >= 0.3 is 0 Å². The van der Waals surface area contributed by atoms with Gasteiger partial charge in [0, 0.05) is 12.5 Å². The van der Waals surface area contributed by atoms with E-state index in [4.69, 9.17) is 0 Å². The van der Waals surface area contributed by atoms with Crippen molar-refractivity contribution in [1.82, 2.24) is 10.2 Å². The van der Waals surface area contributed by atoms with E-state index in [-0.39, 0.29) is 29.8 Å². The summed E-state index contributed by atoms with van der Waals surface area (Å²) < 4.78 is 0. The minimum Gasteiger partial charge on any atom is -0.507 e. The molecule has 108 valence electrons. The molecule has 0 spiro atoms. The molecule has 0 aromatic heterocycles. The summed E-state index contributed by atoms with van der Waals surface area (Å²) in [6.45, 7) is 0.202. The first-order valence-electron chi connectivity index (χ1n) is 6.47. The van der Waals surface area contributed by atoms with Crippen molar-refractivity contribution in [3.8, 4) is 5.75 Å². The number of rotatable bonds is 2. The van der Waals surface area contributed by atoms with Crippen LogP contribution in [0, 0.1) is 5.92 Å². The number of aldehydes is 1. The lowest BCUT2D eigenvalue weighted by molar-refractivity contribution is -0.128. The molecule has 7 nitrogen and oxygen atoms in total. The number of hydrogen-bond donors (Lipinski definition) is 2. The number of amides is 3. The predicted molar refractivity (Wildman–Crippen MR) is 69.6 cm³/mol. The topological polar surface area (TPSA) is 104 Å². The van der Waals surface area contributed by atoms with Crippen molar-refractivity contribution < 1.29 is 24.3 Å². The number of piperidine rings is 1. The molecule has 0 aliphatic carbocycles. The maximum Gasteiger partial charge on any atom is 0.266 e. The Morgan fingerprint density at radius 3 is 2.67 bits per heavy atom. The van der Waals surface area contributed by atoms with Gasteiger partial charge in [-0.1, -0.05) is 6.07 Å². The minimum atomic E-state index is -1.03. The van der Waals surface area contributed by atoms with Crippen LogP contribution < -0.4 is 5.32 Å². The van der Waals surface area contributed by atoms with Crippen LogP contribution in [-0.2, 0) is 9.59 Å². The van der Waals surface area contributed by atoms with E-state index in [9.17, 15) is 24.3 Å². The molecule has 2 unspecified atom stereocenters. The van der Waals surface area contributed by atoms with Gasteiger partial charge < -0.3 is 15.2 Å². The molecule has 2 atom stereocenters. The van der Waals surface area contributed by atoms with Crippen LogP contribution in [0.5, 0.6) is 5.75 Å². The Morgan fingerprint density at radius 2 is 2.00 bits per heavy atom. The van der Waals surface area contributed by atoms with E-state index in [1.807, 2.05) is 0 Å².